The number of ether oxygens (including phenoxy) is 1. The van der Waals surface area contributed by atoms with Crippen molar-refractivity contribution >= 4 is 15.9 Å². The quantitative estimate of drug-likeness (QED) is 0.451. The van der Waals surface area contributed by atoms with Crippen molar-refractivity contribution in [2.24, 2.45) is 0 Å². The summed E-state index contributed by atoms with van der Waals surface area (Å²) in [5, 5.41) is 15.9. The zero-order chi connectivity index (χ0) is 25.4. The Morgan fingerprint density at radius 1 is 1.17 bits per heavy atom. The lowest BCUT2D eigenvalue weighted by Gasteiger charge is -2.24. The maximum atomic E-state index is 14.3. The lowest BCUT2D eigenvalue weighted by atomic mass is 10.1. The van der Waals surface area contributed by atoms with Crippen LogP contribution in [-0.2, 0) is 39.2 Å². The van der Waals surface area contributed by atoms with Crippen LogP contribution in [0.1, 0.15) is 22.9 Å². The van der Waals surface area contributed by atoms with E-state index >= 15 is 0 Å². The Balaban J connectivity index is 1.52. The van der Waals surface area contributed by atoms with Crippen LogP contribution in [0.15, 0.2) is 47.8 Å². The molecule has 1 N–H and O–H groups in total. The summed E-state index contributed by atoms with van der Waals surface area (Å²) in [5.41, 5.74) is 0.606. The molecule has 3 aromatic rings. The molecule has 3 heterocycles. The molecule has 1 aliphatic heterocycles. The second kappa shape index (κ2) is 9.39. The molecule has 0 spiro atoms. The van der Waals surface area contributed by atoms with E-state index in [2.05, 4.69) is 10.2 Å². The third-order valence-electron chi connectivity index (χ3n) is 5.13. The summed E-state index contributed by atoms with van der Waals surface area (Å²) in [7, 11) is -4.37. The topological polar surface area (TPSA) is 120 Å². The summed E-state index contributed by atoms with van der Waals surface area (Å²) < 4.78 is 83.9. The summed E-state index contributed by atoms with van der Waals surface area (Å²) in [6.07, 6.45) is -3.86. The average molecular weight is 517 g/mol. The molecule has 0 saturated carbocycles. The lowest BCUT2D eigenvalue weighted by molar-refractivity contribution is -0.146. The molecule has 0 aliphatic carbocycles. The third-order valence-corrected chi connectivity index (χ3v) is 6.55. The molecule has 0 bridgehead atoms. The first-order chi connectivity index (χ1) is 16.5. The number of carbonyl (C=O) groups is 1. The van der Waals surface area contributed by atoms with E-state index < -0.39 is 45.6 Å². The van der Waals surface area contributed by atoms with Gasteiger partial charge in [0.2, 0.25) is 0 Å². The molecule has 1 amide bonds. The number of alkyl halides is 3. The third kappa shape index (κ3) is 5.21. The predicted octanol–water partition coefficient (Wildman–Crippen LogP) is 1.61. The van der Waals surface area contributed by atoms with Crippen molar-refractivity contribution in [2.45, 2.75) is 36.9 Å². The van der Waals surface area contributed by atoms with Gasteiger partial charge in [0.15, 0.2) is 11.1 Å². The van der Waals surface area contributed by atoms with E-state index in [0.29, 0.717) is 14.3 Å². The molecule has 10 nitrogen and oxygen atoms in total. The molecule has 15 heteroatoms. The number of aliphatic hydroxyl groups is 1. The molecular formula is C20H19F4N5O5S. The SMILES string of the molecule is O=C(C(OCCO)c1ccccc1F)N1Cc2cn(S(=O)(=O)c3ccn(CC(F)(F)F)n3)nc2C1. The first-order valence-corrected chi connectivity index (χ1v) is 11.6. The van der Waals surface area contributed by atoms with E-state index in [-0.39, 0.29) is 37.6 Å². The number of hydrogen-bond acceptors (Lipinski definition) is 7. The van der Waals surface area contributed by atoms with Crippen molar-refractivity contribution in [3.05, 3.63) is 65.4 Å². The normalized spacial score (nSPS) is 14.8. The van der Waals surface area contributed by atoms with Gasteiger partial charge in [0.25, 0.3) is 5.91 Å². The summed E-state index contributed by atoms with van der Waals surface area (Å²) in [5.74, 6) is -1.27. The summed E-state index contributed by atoms with van der Waals surface area (Å²) in [6.45, 7) is -2.21. The number of aliphatic hydroxyl groups excluding tert-OH is 1. The highest BCUT2D eigenvalue weighted by Crippen LogP contribution is 2.29. The van der Waals surface area contributed by atoms with Crippen molar-refractivity contribution in [3.63, 3.8) is 0 Å². The van der Waals surface area contributed by atoms with Gasteiger partial charge in [-0.3, -0.25) is 9.48 Å². The molecule has 2 aromatic heterocycles. The number of halogens is 4. The maximum Gasteiger partial charge on any atom is 0.408 e. The first kappa shape index (κ1) is 24.8. The Morgan fingerprint density at radius 3 is 2.57 bits per heavy atom. The lowest BCUT2D eigenvalue weighted by Crippen LogP contribution is -2.33. The standard InChI is InChI=1S/C20H19F4N5O5S/c21-15-4-2-1-3-14(15)18(34-8-7-30)19(31)27-9-13-10-29(25-16(13)11-27)35(32,33)17-5-6-28(26-17)12-20(22,23)24/h1-6,10,18,30H,7-9,11-12H2. The van der Waals surface area contributed by atoms with Gasteiger partial charge in [-0.1, -0.05) is 18.2 Å². The van der Waals surface area contributed by atoms with Crippen LogP contribution >= 0.6 is 0 Å². The summed E-state index contributed by atoms with van der Waals surface area (Å²) >= 11 is 0. The number of benzene rings is 1. The molecule has 1 atom stereocenters. The van der Waals surface area contributed by atoms with Gasteiger partial charge in [-0.15, -0.1) is 0 Å². The molecule has 35 heavy (non-hydrogen) atoms. The van der Waals surface area contributed by atoms with Gasteiger partial charge in [-0.2, -0.15) is 35.9 Å². The van der Waals surface area contributed by atoms with E-state index in [9.17, 15) is 30.8 Å². The van der Waals surface area contributed by atoms with Crippen LogP contribution in [0.2, 0.25) is 0 Å². The van der Waals surface area contributed by atoms with Crippen LogP contribution in [0.3, 0.4) is 0 Å². The Hall–Kier alpha value is -3.30. The van der Waals surface area contributed by atoms with E-state index in [4.69, 9.17) is 9.84 Å². The first-order valence-electron chi connectivity index (χ1n) is 10.2. The molecule has 0 radical (unpaired) electrons. The second-order valence-corrected chi connectivity index (χ2v) is 9.38. The Labute approximate surface area is 196 Å². The number of fused-ring (bicyclic) bond motifs is 1. The van der Waals surface area contributed by atoms with Crippen LogP contribution in [-0.4, -0.2) is 62.7 Å². The Bertz CT molecular complexity index is 1310. The average Bonchev–Trinajstić information content (AvgIpc) is 3.49. The van der Waals surface area contributed by atoms with Crippen LogP contribution in [0.5, 0.6) is 0 Å². The van der Waals surface area contributed by atoms with E-state index in [1.54, 1.807) is 0 Å². The van der Waals surface area contributed by atoms with Gasteiger partial charge in [0.1, 0.15) is 12.4 Å². The van der Waals surface area contributed by atoms with Crippen molar-refractivity contribution in [1.29, 1.82) is 0 Å². The van der Waals surface area contributed by atoms with Gasteiger partial charge < -0.3 is 14.7 Å². The Morgan fingerprint density at radius 2 is 1.91 bits per heavy atom. The van der Waals surface area contributed by atoms with Gasteiger partial charge in [-0.05, 0) is 12.1 Å². The predicted molar refractivity (Wildman–Crippen MR) is 110 cm³/mol. The summed E-state index contributed by atoms with van der Waals surface area (Å²) in [4.78, 5) is 14.4. The minimum Gasteiger partial charge on any atom is -0.394 e. The molecule has 0 saturated heterocycles. The fourth-order valence-corrected chi connectivity index (χ4v) is 4.68. The second-order valence-electron chi connectivity index (χ2n) is 7.64. The van der Waals surface area contributed by atoms with Crippen LogP contribution < -0.4 is 0 Å². The van der Waals surface area contributed by atoms with Gasteiger partial charge >= 0.3 is 16.2 Å². The zero-order valence-corrected chi connectivity index (χ0v) is 18.7. The monoisotopic (exact) mass is 517 g/mol. The smallest absolute Gasteiger partial charge is 0.394 e. The minimum absolute atomic E-state index is 0.0161. The van der Waals surface area contributed by atoms with Gasteiger partial charge in [0, 0.05) is 30.1 Å². The Kier molecular flexibility index (Phi) is 6.66. The summed E-state index contributed by atoms with van der Waals surface area (Å²) in [6, 6.07) is 6.47. The molecule has 1 unspecified atom stereocenters. The number of aromatic nitrogens is 4. The molecule has 1 aliphatic rings. The molecule has 1 aromatic carbocycles. The highest BCUT2D eigenvalue weighted by molar-refractivity contribution is 7.89. The van der Waals surface area contributed by atoms with Gasteiger partial charge in [0.05, 0.1) is 25.5 Å². The molecular weight excluding hydrogens is 498 g/mol. The van der Waals surface area contributed by atoms with Crippen LogP contribution in [0.25, 0.3) is 0 Å². The fourth-order valence-electron chi connectivity index (χ4n) is 3.57. The number of carbonyl (C=O) groups excluding carboxylic acids is 1. The van der Waals surface area contributed by atoms with Crippen molar-refractivity contribution in [1.82, 2.24) is 23.9 Å². The van der Waals surface area contributed by atoms with E-state index in [1.165, 1.54) is 29.2 Å². The number of nitrogens with zero attached hydrogens (tertiary/aromatic N) is 5. The number of rotatable bonds is 8. The largest absolute Gasteiger partial charge is 0.408 e. The zero-order valence-electron chi connectivity index (χ0n) is 17.9. The molecule has 4 rings (SSSR count). The molecule has 188 valence electrons. The van der Waals surface area contributed by atoms with Crippen LogP contribution in [0, 0.1) is 5.82 Å². The minimum atomic E-state index is -4.57. The van der Waals surface area contributed by atoms with Crippen molar-refractivity contribution < 1.29 is 40.6 Å². The maximum absolute atomic E-state index is 14.3. The fraction of sp³-hybridized carbons (Fsp3) is 0.350. The van der Waals surface area contributed by atoms with Crippen LogP contribution in [0.4, 0.5) is 17.6 Å². The van der Waals surface area contributed by atoms with Crippen molar-refractivity contribution in [3.8, 4) is 0 Å². The van der Waals surface area contributed by atoms with Gasteiger partial charge in [-0.25, -0.2) is 4.39 Å². The molecule has 0 fully saturated rings. The van der Waals surface area contributed by atoms with Crippen molar-refractivity contribution in [2.75, 3.05) is 13.2 Å². The number of amides is 1. The van der Waals surface area contributed by atoms with E-state index in [0.717, 1.165) is 18.5 Å². The highest BCUT2D eigenvalue weighted by Gasteiger charge is 2.35. The number of hydrogen-bond donors (Lipinski definition) is 1. The van der Waals surface area contributed by atoms with E-state index in [1.807, 2.05) is 0 Å². The highest BCUT2D eigenvalue weighted by atomic mass is 32.2.